The van der Waals surface area contributed by atoms with Gasteiger partial charge in [0.05, 0.1) is 43.6 Å². The van der Waals surface area contributed by atoms with Gasteiger partial charge in [-0.05, 0) is 86.3 Å². The van der Waals surface area contributed by atoms with Gasteiger partial charge in [-0.15, -0.1) is 0 Å². The summed E-state index contributed by atoms with van der Waals surface area (Å²) in [5, 5.41) is 19.3. The van der Waals surface area contributed by atoms with Crippen LogP contribution >= 0.6 is 0 Å². The first-order valence-corrected chi connectivity index (χ1v) is 25.0. The first-order valence-electron chi connectivity index (χ1n) is 19.2. The molecule has 62 heavy (non-hydrogen) atoms. The van der Waals surface area contributed by atoms with Crippen molar-refractivity contribution in [3.05, 3.63) is 192 Å². The summed E-state index contributed by atoms with van der Waals surface area (Å²) < 4.78 is 107. The van der Waals surface area contributed by atoms with Gasteiger partial charge in [-0.3, -0.25) is 0 Å². The number of benzene rings is 6. The molecule has 6 rings (SSSR count). The van der Waals surface area contributed by atoms with Crippen LogP contribution in [0, 0.1) is 36.5 Å². The summed E-state index contributed by atoms with van der Waals surface area (Å²) in [5.74, 6) is -1.31. The Hall–Kier alpha value is -5.98. The van der Waals surface area contributed by atoms with Crippen LogP contribution in [0.4, 0.5) is 0 Å². The summed E-state index contributed by atoms with van der Waals surface area (Å²) in [6.07, 6.45) is 0.0510. The molecule has 0 saturated heterocycles. The largest absolute Gasteiger partial charge is 0.256 e. The lowest BCUT2D eigenvalue weighted by molar-refractivity contribution is 0.483. The van der Waals surface area contributed by atoms with Crippen LogP contribution in [0.25, 0.3) is 0 Å². The first-order chi connectivity index (χ1) is 29.5. The van der Waals surface area contributed by atoms with Crippen molar-refractivity contribution < 1.29 is 33.7 Å². The first kappa shape index (κ1) is 47.1. The molecular formula is C46H44N4O8S4. The molecule has 0 bridgehead atoms. The quantitative estimate of drug-likeness (QED) is 0.0916. The highest BCUT2D eigenvalue weighted by atomic mass is 32.3. The highest BCUT2D eigenvalue weighted by Gasteiger charge is 2.38. The second-order valence-electron chi connectivity index (χ2n) is 14.0. The van der Waals surface area contributed by atoms with Gasteiger partial charge < -0.3 is 0 Å². The van der Waals surface area contributed by atoms with Crippen LogP contribution in [0.15, 0.2) is 189 Å². The zero-order valence-corrected chi connectivity index (χ0v) is 37.1. The van der Waals surface area contributed by atoms with Crippen molar-refractivity contribution in [2.24, 2.45) is 0 Å². The predicted octanol–water partition coefficient (Wildman–Crippen LogP) is 8.14. The molecule has 2 atom stereocenters. The maximum atomic E-state index is 13.3. The Morgan fingerprint density at radius 3 is 0.823 bits per heavy atom. The lowest BCUT2D eigenvalue weighted by Crippen LogP contribution is -2.38. The lowest BCUT2D eigenvalue weighted by Gasteiger charge is -2.23. The van der Waals surface area contributed by atoms with Gasteiger partial charge in [0.25, 0.3) is 40.1 Å². The monoisotopic (exact) mass is 908 g/mol. The molecule has 0 fully saturated rings. The minimum Gasteiger partial charge on any atom is -0.206 e. The van der Waals surface area contributed by atoms with Crippen molar-refractivity contribution in [2.75, 3.05) is 13.1 Å². The Bertz CT molecular complexity index is 2600. The maximum absolute atomic E-state index is 13.3. The van der Waals surface area contributed by atoms with E-state index in [0.29, 0.717) is 18.5 Å². The number of rotatable bonds is 16. The van der Waals surface area contributed by atoms with E-state index in [9.17, 15) is 44.2 Å². The Morgan fingerprint density at radius 2 is 0.613 bits per heavy atom. The molecule has 0 aliphatic carbocycles. The molecule has 0 unspecified atom stereocenters. The Labute approximate surface area is 365 Å². The lowest BCUT2D eigenvalue weighted by atomic mass is 9.96. The zero-order valence-electron chi connectivity index (χ0n) is 33.8. The van der Waals surface area contributed by atoms with Gasteiger partial charge in [-0.1, -0.05) is 140 Å². The normalized spacial score (nSPS) is 12.9. The van der Waals surface area contributed by atoms with E-state index in [-0.39, 0.29) is 45.5 Å². The van der Waals surface area contributed by atoms with E-state index in [0.717, 1.165) is 11.1 Å². The second-order valence-corrected chi connectivity index (χ2v) is 21.9. The van der Waals surface area contributed by atoms with Crippen LogP contribution in [0.1, 0.15) is 46.9 Å². The van der Waals surface area contributed by atoms with Crippen molar-refractivity contribution >= 4 is 40.1 Å². The number of nitriles is 2. The van der Waals surface area contributed by atoms with Gasteiger partial charge in [0, 0.05) is 13.1 Å². The summed E-state index contributed by atoms with van der Waals surface area (Å²) in [5.41, 5.74) is 3.48. The molecule has 0 spiro atoms. The summed E-state index contributed by atoms with van der Waals surface area (Å²) in [7, 11) is -17.5. The van der Waals surface area contributed by atoms with Gasteiger partial charge in [0.1, 0.15) is 0 Å². The van der Waals surface area contributed by atoms with E-state index in [1.54, 1.807) is 48.5 Å². The number of aryl methyl sites for hydroxylation is 2. The highest BCUT2D eigenvalue weighted by Crippen LogP contribution is 2.29. The molecule has 0 aliphatic rings. The van der Waals surface area contributed by atoms with Crippen molar-refractivity contribution in [2.45, 2.75) is 58.1 Å². The fourth-order valence-electron chi connectivity index (χ4n) is 6.26. The second kappa shape index (κ2) is 20.7. The van der Waals surface area contributed by atoms with Crippen LogP contribution in [-0.4, -0.2) is 54.2 Å². The average Bonchev–Trinajstić information content (AvgIpc) is 3.28. The molecule has 0 N–H and O–H groups in total. The molecule has 12 nitrogen and oxygen atoms in total. The fraction of sp³-hybridized carbons (Fsp3) is 0.174. The van der Waals surface area contributed by atoms with E-state index >= 15 is 0 Å². The molecule has 6 aromatic rings. The van der Waals surface area contributed by atoms with Crippen molar-refractivity contribution in [1.82, 2.24) is 7.42 Å². The van der Waals surface area contributed by atoms with Crippen LogP contribution in [0.2, 0.25) is 0 Å². The Balaban J connectivity index is 0.000000234. The van der Waals surface area contributed by atoms with Gasteiger partial charge in [-0.25, -0.2) is 33.7 Å². The predicted molar refractivity (Wildman–Crippen MR) is 236 cm³/mol. The smallest absolute Gasteiger partial charge is 0.206 e. The summed E-state index contributed by atoms with van der Waals surface area (Å²) in [6, 6.07) is 48.6. The minimum absolute atomic E-state index is 0.0255. The summed E-state index contributed by atoms with van der Waals surface area (Å²) in [6.45, 7) is 3.12. The van der Waals surface area contributed by atoms with Crippen molar-refractivity contribution in [3.8, 4) is 12.1 Å². The topological polar surface area (TPSA) is 191 Å². The van der Waals surface area contributed by atoms with Gasteiger partial charge in [0.2, 0.25) is 0 Å². The van der Waals surface area contributed by atoms with Crippen LogP contribution in [0.3, 0.4) is 0 Å². The van der Waals surface area contributed by atoms with Gasteiger partial charge in [0.15, 0.2) is 0 Å². The number of hydrogen-bond donors (Lipinski definition) is 0. The number of nitrogens with zero attached hydrogens (tertiary/aromatic N) is 4. The number of sulfonamides is 4. The summed E-state index contributed by atoms with van der Waals surface area (Å²) in [4.78, 5) is -0.506. The number of hydrogen-bond acceptors (Lipinski definition) is 10. The van der Waals surface area contributed by atoms with Crippen molar-refractivity contribution in [3.63, 3.8) is 0 Å². The molecule has 6 aromatic carbocycles. The van der Waals surface area contributed by atoms with Gasteiger partial charge >= 0.3 is 0 Å². The van der Waals surface area contributed by atoms with Gasteiger partial charge in [-0.2, -0.15) is 10.5 Å². The highest BCUT2D eigenvalue weighted by molar-refractivity contribution is 8.04. The molecule has 320 valence electrons. The van der Waals surface area contributed by atoms with Crippen molar-refractivity contribution in [1.29, 1.82) is 10.5 Å². The third-order valence-corrected chi connectivity index (χ3v) is 18.4. The Morgan fingerprint density at radius 1 is 0.387 bits per heavy atom. The van der Waals surface area contributed by atoms with E-state index in [1.807, 2.05) is 38.1 Å². The third-order valence-electron chi connectivity index (χ3n) is 9.71. The van der Waals surface area contributed by atoms with E-state index in [2.05, 4.69) is 12.1 Å². The third kappa shape index (κ3) is 11.3. The van der Waals surface area contributed by atoms with E-state index < -0.39 is 51.9 Å². The van der Waals surface area contributed by atoms with Crippen LogP contribution < -0.4 is 0 Å². The average molecular weight is 909 g/mol. The van der Waals surface area contributed by atoms with E-state index in [1.165, 1.54) is 97.1 Å². The molecule has 0 amide bonds. The Kier molecular flexibility index (Phi) is 15.7. The summed E-state index contributed by atoms with van der Waals surface area (Å²) >= 11 is 0. The standard InChI is InChI=1S/2C23H22N2O4S2/c2*1-19-12-14-20(15-13-19)21(18-24)16-17-25(30(26,27)22-8-4-2-5-9-22)31(28,29)23-10-6-3-7-11-23/h2*2-15,21H,16-17H2,1H3/t2*21-/m00/s1. The van der Waals surface area contributed by atoms with E-state index in [4.69, 9.17) is 0 Å². The molecule has 0 radical (unpaired) electrons. The molecule has 0 aliphatic heterocycles. The molecule has 0 heterocycles. The van der Waals surface area contributed by atoms with Crippen LogP contribution in [-0.2, 0) is 40.1 Å². The minimum atomic E-state index is -4.36. The zero-order chi connectivity index (χ0) is 45.0. The molecule has 16 heteroatoms. The molecular weight excluding hydrogens is 865 g/mol. The fourth-order valence-corrected chi connectivity index (χ4v) is 13.7. The molecule has 0 aromatic heterocycles. The van der Waals surface area contributed by atoms with Crippen LogP contribution in [0.5, 0.6) is 0 Å². The SMILES string of the molecule is Cc1ccc([C@H](C#N)CCN(S(=O)(=O)c2ccccc2)S(=O)(=O)c2ccccc2)cc1.Cc1ccc([C@H](C#N)CCN(S(=O)(=O)c2ccccc2)S(=O)(=O)c2ccccc2)cc1. The maximum Gasteiger partial charge on any atom is 0.256 e. The molecule has 0 saturated carbocycles.